The van der Waals surface area contributed by atoms with Crippen LogP contribution in [0, 0.1) is 12.3 Å². The van der Waals surface area contributed by atoms with Crippen LogP contribution in [-0.2, 0) is 16.6 Å². The summed E-state index contributed by atoms with van der Waals surface area (Å²) in [4.78, 5) is 2.62. The highest BCUT2D eigenvalue weighted by atomic mass is 32.2. The Kier molecular flexibility index (Phi) is 4.78. The maximum absolute atomic E-state index is 12.9. The molecule has 0 N–H and O–H groups in total. The molecule has 27 heavy (non-hydrogen) atoms. The van der Waals surface area contributed by atoms with E-state index in [1.807, 2.05) is 25.1 Å². The van der Waals surface area contributed by atoms with Crippen LogP contribution in [-0.4, -0.2) is 50.9 Å². The van der Waals surface area contributed by atoms with Crippen molar-refractivity contribution in [1.82, 2.24) is 9.21 Å². The number of nitrogens with zero attached hydrogens (tertiary/aromatic N) is 2. The summed E-state index contributed by atoms with van der Waals surface area (Å²) in [5.74, 6) is 2.36. The number of hydrogen-bond acceptors (Lipinski definition) is 5. The number of aryl methyl sites for hydroxylation is 1. The number of fused-ring (bicyclic) bond motifs is 1. The molecule has 1 aromatic carbocycles. The predicted molar refractivity (Wildman–Crippen MR) is 102 cm³/mol. The average Bonchev–Trinajstić information content (AvgIpc) is 3.06. The molecular formula is C20H26N2O4S. The number of para-hydroxylation sites is 1. The molecule has 1 spiro atoms. The summed E-state index contributed by atoms with van der Waals surface area (Å²) in [6.45, 7) is 5.57. The first-order valence-electron chi connectivity index (χ1n) is 9.34. The number of piperidine rings is 1. The third-order valence-electron chi connectivity index (χ3n) is 5.72. The van der Waals surface area contributed by atoms with Crippen LogP contribution in [0.15, 0.2) is 45.7 Å². The first-order chi connectivity index (χ1) is 12.9. The number of furan rings is 1. The molecule has 4 rings (SSSR count). The lowest BCUT2D eigenvalue weighted by atomic mass is 9.79. The van der Waals surface area contributed by atoms with Gasteiger partial charge in [0.2, 0.25) is 10.0 Å². The van der Waals surface area contributed by atoms with Gasteiger partial charge in [0.1, 0.15) is 22.2 Å². The Morgan fingerprint density at radius 3 is 2.56 bits per heavy atom. The van der Waals surface area contributed by atoms with Crippen LogP contribution in [0.1, 0.15) is 24.4 Å². The molecule has 146 valence electrons. The molecule has 2 aliphatic heterocycles. The van der Waals surface area contributed by atoms with Crippen molar-refractivity contribution >= 4 is 10.0 Å². The van der Waals surface area contributed by atoms with E-state index in [1.165, 1.54) is 4.31 Å². The maximum Gasteiger partial charge on any atom is 0.246 e. The van der Waals surface area contributed by atoms with Gasteiger partial charge >= 0.3 is 0 Å². The molecule has 0 aliphatic carbocycles. The molecule has 0 atom stereocenters. The van der Waals surface area contributed by atoms with E-state index in [-0.39, 0.29) is 10.3 Å². The molecule has 3 heterocycles. The highest BCUT2D eigenvalue weighted by Gasteiger charge is 2.41. The van der Waals surface area contributed by atoms with Crippen molar-refractivity contribution in [3.8, 4) is 5.75 Å². The molecule has 0 bridgehead atoms. The molecule has 7 heteroatoms. The first-order valence-corrected chi connectivity index (χ1v) is 10.8. The Bertz CT molecular complexity index is 914. The summed E-state index contributed by atoms with van der Waals surface area (Å²) in [5, 5.41) is 0. The summed E-state index contributed by atoms with van der Waals surface area (Å²) in [6, 6.07) is 10.9. The number of benzene rings is 1. The second-order valence-corrected chi connectivity index (χ2v) is 9.80. The molecule has 0 amide bonds. The highest BCUT2D eigenvalue weighted by molar-refractivity contribution is 7.89. The fourth-order valence-corrected chi connectivity index (χ4v) is 5.47. The minimum absolute atomic E-state index is 0.162. The average molecular weight is 391 g/mol. The lowest BCUT2D eigenvalue weighted by Crippen LogP contribution is -2.50. The second-order valence-electron chi connectivity index (χ2n) is 7.78. The number of likely N-dealkylation sites (tertiary alicyclic amines) is 1. The molecular weight excluding hydrogens is 364 g/mol. The zero-order valence-electron chi connectivity index (χ0n) is 15.8. The van der Waals surface area contributed by atoms with Crippen LogP contribution < -0.4 is 4.74 Å². The van der Waals surface area contributed by atoms with E-state index < -0.39 is 10.0 Å². The third kappa shape index (κ3) is 3.63. The number of sulfonamides is 1. The van der Waals surface area contributed by atoms with E-state index in [0.717, 1.165) is 44.0 Å². The van der Waals surface area contributed by atoms with Crippen molar-refractivity contribution in [3.63, 3.8) is 0 Å². The van der Waals surface area contributed by atoms with Crippen LogP contribution in [0.5, 0.6) is 5.75 Å². The van der Waals surface area contributed by atoms with E-state index >= 15 is 0 Å². The number of ether oxygens (including phenoxy) is 1. The van der Waals surface area contributed by atoms with Crippen LogP contribution in [0.2, 0.25) is 0 Å². The van der Waals surface area contributed by atoms with Crippen LogP contribution in [0.4, 0.5) is 0 Å². The standard InChI is InChI=1S/C20H26N2O4S/c1-16-7-8-17(26-16)13-22-11-9-20(10-12-22)14-21(2)27(23,24)19-6-4-3-5-18(19)25-15-20/h3-8H,9-15H2,1-2H3. The van der Waals surface area contributed by atoms with E-state index in [4.69, 9.17) is 9.15 Å². The van der Waals surface area contributed by atoms with Gasteiger partial charge in [-0.05, 0) is 57.1 Å². The summed E-state index contributed by atoms with van der Waals surface area (Å²) >= 11 is 0. The van der Waals surface area contributed by atoms with Gasteiger partial charge in [0.25, 0.3) is 0 Å². The predicted octanol–water partition coefficient (Wildman–Crippen LogP) is 2.88. The minimum Gasteiger partial charge on any atom is -0.492 e. The van der Waals surface area contributed by atoms with Crippen LogP contribution in [0.3, 0.4) is 0 Å². The van der Waals surface area contributed by atoms with Gasteiger partial charge in [0.15, 0.2) is 0 Å². The Balaban J connectivity index is 1.50. The molecule has 0 unspecified atom stereocenters. The Hall–Kier alpha value is -1.83. The lowest BCUT2D eigenvalue weighted by Gasteiger charge is -2.44. The SMILES string of the molecule is Cc1ccc(CN2CCC3(CC2)COc2ccccc2S(=O)(=O)N(C)C3)o1. The molecule has 1 aromatic heterocycles. The molecule has 6 nitrogen and oxygen atoms in total. The summed E-state index contributed by atoms with van der Waals surface area (Å²) in [5.41, 5.74) is -0.162. The highest BCUT2D eigenvalue weighted by Crippen LogP contribution is 2.38. The van der Waals surface area contributed by atoms with Crippen molar-refractivity contribution in [1.29, 1.82) is 0 Å². The van der Waals surface area contributed by atoms with Crippen molar-refractivity contribution in [3.05, 3.63) is 47.9 Å². The van der Waals surface area contributed by atoms with Gasteiger partial charge in [-0.2, -0.15) is 0 Å². The topological polar surface area (TPSA) is 63.0 Å². The summed E-state index contributed by atoms with van der Waals surface area (Å²) < 4.78 is 39.1. The van der Waals surface area contributed by atoms with Gasteiger partial charge in [-0.15, -0.1) is 0 Å². The zero-order chi connectivity index (χ0) is 19.1. The Labute approximate surface area is 160 Å². The van der Waals surface area contributed by atoms with Crippen molar-refractivity contribution in [2.45, 2.75) is 31.2 Å². The first kappa shape index (κ1) is 18.5. The molecule has 1 fully saturated rings. The van der Waals surface area contributed by atoms with Gasteiger partial charge in [-0.1, -0.05) is 12.1 Å². The lowest BCUT2D eigenvalue weighted by molar-refractivity contribution is 0.0339. The van der Waals surface area contributed by atoms with E-state index in [9.17, 15) is 8.42 Å². The Morgan fingerprint density at radius 1 is 1.11 bits per heavy atom. The van der Waals surface area contributed by atoms with E-state index in [0.29, 0.717) is 18.9 Å². The summed E-state index contributed by atoms with van der Waals surface area (Å²) in [7, 11) is -1.86. The smallest absolute Gasteiger partial charge is 0.246 e. The van der Waals surface area contributed by atoms with Gasteiger partial charge in [0, 0.05) is 19.0 Å². The fraction of sp³-hybridized carbons (Fsp3) is 0.500. The van der Waals surface area contributed by atoms with Gasteiger partial charge in [0.05, 0.1) is 13.2 Å². The largest absolute Gasteiger partial charge is 0.492 e. The van der Waals surface area contributed by atoms with Crippen molar-refractivity contribution in [2.75, 3.05) is 33.3 Å². The van der Waals surface area contributed by atoms with Gasteiger partial charge in [-0.25, -0.2) is 12.7 Å². The van der Waals surface area contributed by atoms with Crippen LogP contribution in [0.25, 0.3) is 0 Å². The maximum atomic E-state index is 12.9. The molecule has 0 saturated carbocycles. The van der Waals surface area contributed by atoms with E-state index in [2.05, 4.69) is 4.90 Å². The molecule has 2 aromatic rings. The monoisotopic (exact) mass is 390 g/mol. The fourth-order valence-electron chi connectivity index (χ4n) is 4.06. The van der Waals surface area contributed by atoms with Gasteiger partial charge in [-0.3, -0.25) is 4.90 Å². The van der Waals surface area contributed by atoms with Crippen LogP contribution >= 0.6 is 0 Å². The third-order valence-corrected chi connectivity index (χ3v) is 7.56. The van der Waals surface area contributed by atoms with Crippen molar-refractivity contribution < 1.29 is 17.6 Å². The number of rotatable bonds is 2. The summed E-state index contributed by atoms with van der Waals surface area (Å²) in [6.07, 6.45) is 1.80. The second kappa shape index (κ2) is 6.96. The quantitative estimate of drug-likeness (QED) is 0.789. The van der Waals surface area contributed by atoms with E-state index in [1.54, 1.807) is 25.2 Å². The molecule has 2 aliphatic rings. The normalized spacial score (nSPS) is 22.6. The van der Waals surface area contributed by atoms with Gasteiger partial charge < -0.3 is 9.15 Å². The Morgan fingerprint density at radius 2 is 1.85 bits per heavy atom. The number of hydrogen-bond donors (Lipinski definition) is 0. The minimum atomic E-state index is -3.54. The zero-order valence-corrected chi connectivity index (χ0v) is 16.7. The molecule has 0 radical (unpaired) electrons. The molecule has 1 saturated heterocycles. The van der Waals surface area contributed by atoms with Crippen molar-refractivity contribution in [2.24, 2.45) is 5.41 Å².